The number of hydrogen-bond donors (Lipinski definition) is 1. The molecule has 2 nitrogen and oxygen atoms in total. The van der Waals surface area contributed by atoms with Crippen LogP contribution in [-0.2, 0) is 0 Å². The van der Waals surface area contributed by atoms with Crippen LogP contribution in [0.25, 0.3) is 0 Å². The third-order valence-corrected chi connectivity index (χ3v) is 4.58. The summed E-state index contributed by atoms with van der Waals surface area (Å²) in [6.45, 7) is 2.04. The molecule has 1 aromatic carbocycles. The molecule has 0 unspecified atom stereocenters. The third kappa shape index (κ3) is 2.63. The molecule has 0 aliphatic heterocycles. The maximum absolute atomic E-state index is 6.24. The molecular formula is C16H16Cl2N2. The molecule has 1 aliphatic carbocycles. The Kier molecular flexibility index (Phi) is 3.86. The molecule has 1 aliphatic rings. The SMILES string of the molecule is Cc1ccnc(Cl)c1NC1CC(c2ccccc2Cl)C1. The number of rotatable bonds is 3. The Hall–Kier alpha value is -1.25. The highest BCUT2D eigenvalue weighted by atomic mass is 35.5. The Labute approximate surface area is 129 Å². The van der Waals surface area contributed by atoms with E-state index in [1.54, 1.807) is 6.20 Å². The van der Waals surface area contributed by atoms with Gasteiger partial charge >= 0.3 is 0 Å². The highest BCUT2D eigenvalue weighted by Gasteiger charge is 2.32. The van der Waals surface area contributed by atoms with Crippen molar-refractivity contribution in [1.82, 2.24) is 4.98 Å². The van der Waals surface area contributed by atoms with Gasteiger partial charge in [-0.05, 0) is 48.9 Å². The molecule has 0 amide bonds. The van der Waals surface area contributed by atoms with Gasteiger partial charge in [0.1, 0.15) is 0 Å². The molecule has 0 saturated heterocycles. The smallest absolute Gasteiger partial charge is 0.152 e. The molecular weight excluding hydrogens is 291 g/mol. The third-order valence-electron chi connectivity index (χ3n) is 3.94. The maximum atomic E-state index is 6.24. The molecule has 20 heavy (non-hydrogen) atoms. The number of nitrogens with zero attached hydrogens (tertiary/aromatic N) is 1. The fourth-order valence-corrected chi connectivity index (χ4v) is 3.25. The lowest BCUT2D eigenvalue weighted by Gasteiger charge is -2.37. The predicted molar refractivity (Wildman–Crippen MR) is 84.8 cm³/mol. The van der Waals surface area contributed by atoms with Gasteiger partial charge in [0.25, 0.3) is 0 Å². The molecule has 1 aromatic heterocycles. The Bertz CT molecular complexity index is 601. The van der Waals surface area contributed by atoms with E-state index in [-0.39, 0.29) is 0 Å². The van der Waals surface area contributed by atoms with Crippen LogP contribution in [-0.4, -0.2) is 11.0 Å². The molecule has 2 aromatic rings. The summed E-state index contributed by atoms with van der Waals surface area (Å²) in [7, 11) is 0. The monoisotopic (exact) mass is 306 g/mol. The molecule has 1 heterocycles. The van der Waals surface area contributed by atoms with Gasteiger partial charge in [0.15, 0.2) is 5.15 Å². The molecule has 0 atom stereocenters. The minimum atomic E-state index is 0.441. The number of aromatic nitrogens is 1. The quantitative estimate of drug-likeness (QED) is 0.802. The highest BCUT2D eigenvalue weighted by molar-refractivity contribution is 6.32. The van der Waals surface area contributed by atoms with Gasteiger partial charge < -0.3 is 5.32 Å². The largest absolute Gasteiger partial charge is 0.380 e. The Balaban J connectivity index is 1.66. The molecule has 3 rings (SSSR count). The first-order valence-corrected chi connectivity index (χ1v) is 7.53. The number of pyridine rings is 1. The lowest BCUT2D eigenvalue weighted by Crippen LogP contribution is -2.34. The molecule has 0 bridgehead atoms. The number of anilines is 1. The second kappa shape index (κ2) is 5.63. The summed E-state index contributed by atoms with van der Waals surface area (Å²) in [5.41, 5.74) is 3.34. The minimum Gasteiger partial charge on any atom is -0.380 e. The van der Waals surface area contributed by atoms with E-state index in [9.17, 15) is 0 Å². The molecule has 0 radical (unpaired) electrons. The van der Waals surface area contributed by atoms with Crippen LogP contribution in [0.5, 0.6) is 0 Å². The summed E-state index contributed by atoms with van der Waals surface area (Å²) in [5.74, 6) is 0.539. The van der Waals surface area contributed by atoms with Gasteiger partial charge in [0.2, 0.25) is 0 Å². The van der Waals surface area contributed by atoms with Crippen molar-refractivity contribution in [2.75, 3.05) is 5.32 Å². The molecule has 1 fully saturated rings. The molecule has 1 saturated carbocycles. The Morgan fingerprint density at radius 1 is 1.15 bits per heavy atom. The topological polar surface area (TPSA) is 24.9 Å². The van der Waals surface area contributed by atoms with Crippen molar-refractivity contribution in [2.45, 2.75) is 31.7 Å². The lowest BCUT2D eigenvalue weighted by atomic mass is 9.75. The standard InChI is InChI=1S/C16H16Cl2N2/c1-10-6-7-19-16(18)15(10)20-12-8-11(9-12)13-4-2-3-5-14(13)17/h2-7,11-12,20H,8-9H2,1H3. The summed E-state index contributed by atoms with van der Waals surface area (Å²) in [6.07, 6.45) is 3.89. The van der Waals surface area contributed by atoms with Crippen LogP contribution in [0.15, 0.2) is 36.5 Å². The zero-order chi connectivity index (χ0) is 14.1. The average Bonchev–Trinajstić information content (AvgIpc) is 2.37. The fraction of sp³-hybridized carbons (Fsp3) is 0.312. The van der Waals surface area contributed by atoms with Crippen molar-refractivity contribution in [2.24, 2.45) is 0 Å². The van der Waals surface area contributed by atoms with Crippen molar-refractivity contribution in [3.05, 3.63) is 57.8 Å². The van der Waals surface area contributed by atoms with Crippen molar-refractivity contribution in [1.29, 1.82) is 0 Å². The first kappa shape index (κ1) is 13.7. The van der Waals surface area contributed by atoms with E-state index in [1.807, 2.05) is 31.2 Å². The molecule has 0 spiro atoms. The van der Waals surface area contributed by atoms with Crippen LogP contribution < -0.4 is 5.32 Å². The van der Waals surface area contributed by atoms with Crippen molar-refractivity contribution in [3.8, 4) is 0 Å². The van der Waals surface area contributed by atoms with Gasteiger partial charge in [-0.3, -0.25) is 0 Å². The van der Waals surface area contributed by atoms with Crippen LogP contribution in [0.4, 0.5) is 5.69 Å². The van der Waals surface area contributed by atoms with Gasteiger partial charge in [0, 0.05) is 17.3 Å². The second-order valence-corrected chi connectivity index (χ2v) is 6.09. The van der Waals surface area contributed by atoms with Gasteiger partial charge in [-0.25, -0.2) is 4.98 Å². The predicted octanol–water partition coefficient (Wildman–Crippen LogP) is 5.05. The lowest BCUT2D eigenvalue weighted by molar-refractivity contribution is 0.374. The Morgan fingerprint density at radius 3 is 2.60 bits per heavy atom. The van der Waals surface area contributed by atoms with Crippen LogP contribution >= 0.6 is 23.2 Å². The number of nitrogens with one attached hydrogen (secondary N) is 1. The van der Waals surface area contributed by atoms with E-state index in [2.05, 4.69) is 16.4 Å². The highest BCUT2D eigenvalue weighted by Crippen LogP contribution is 2.42. The summed E-state index contributed by atoms with van der Waals surface area (Å²) in [6, 6.07) is 10.5. The van der Waals surface area contributed by atoms with Crippen molar-refractivity contribution >= 4 is 28.9 Å². The Morgan fingerprint density at radius 2 is 1.90 bits per heavy atom. The normalized spacial score (nSPS) is 21.4. The summed E-state index contributed by atoms with van der Waals surface area (Å²) < 4.78 is 0. The fourth-order valence-electron chi connectivity index (χ4n) is 2.70. The van der Waals surface area contributed by atoms with E-state index in [0.29, 0.717) is 17.1 Å². The first-order chi connectivity index (χ1) is 9.65. The van der Waals surface area contributed by atoms with Gasteiger partial charge in [0.05, 0.1) is 5.69 Å². The van der Waals surface area contributed by atoms with E-state index in [4.69, 9.17) is 23.2 Å². The van der Waals surface area contributed by atoms with E-state index in [0.717, 1.165) is 29.1 Å². The van der Waals surface area contributed by atoms with Gasteiger partial charge in [-0.1, -0.05) is 41.4 Å². The zero-order valence-electron chi connectivity index (χ0n) is 11.2. The first-order valence-electron chi connectivity index (χ1n) is 6.77. The van der Waals surface area contributed by atoms with Crippen LogP contribution in [0.1, 0.15) is 29.9 Å². The number of hydrogen-bond acceptors (Lipinski definition) is 2. The van der Waals surface area contributed by atoms with Crippen LogP contribution in [0.3, 0.4) is 0 Å². The number of benzene rings is 1. The van der Waals surface area contributed by atoms with Crippen LogP contribution in [0, 0.1) is 6.92 Å². The minimum absolute atomic E-state index is 0.441. The van der Waals surface area contributed by atoms with E-state index >= 15 is 0 Å². The number of halogens is 2. The second-order valence-electron chi connectivity index (χ2n) is 5.32. The average molecular weight is 307 g/mol. The molecule has 1 N–H and O–H groups in total. The van der Waals surface area contributed by atoms with Gasteiger partial charge in [-0.15, -0.1) is 0 Å². The zero-order valence-corrected chi connectivity index (χ0v) is 12.7. The summed E-state index contributed by atoms with van der Waals surface area (Å²) >= 11 is 12.4. The number of aryl methyl sites for hydroxylation is 1. The molecule has 104 valence electrons. The van der Waals surface area contributed by atoms with E-state index in [1.165, 1.54) is 5.56 Å². The van der Waals surface area contributed by atoms with E-state index < -0.39 is 0 Å². The summed E-state index contributed by atoms with van der Waals surface area (Å²) in [5, 5.41) is 4.91. The van der Waals surface area contributed by atoms with Crippen LogP contribution in [0.2, 0.25) is 10.2 Å². The van der Waals surface area contributed by atoms with Crippen molar-refractivity contribution in [3.63, 3.8) is 0 Å². The summed E-state index contributed by atoms with van der Waals surface area (Å²) in [4.78, 5) is 4.12. The van der Waals surface area contributed by atoms with Gasteiger partial charge in [-0.2, -0.15) is 0 Å². The maximum Gasteiger partial charge on any atom is 0.152 e. The van der Waals surface area contributed by atoms with Crippen molar-refractivity contribution < 1.29 is 0 Å². The molecule has 4 heteroatoms.